The zero-order chi connectivity index (χ0) is 21.0. The van der Waals surface area contributed by atoms with Crippen LogP contribution in [-0.2, 0) is 0 Å². The van der Waals surface area contributed by atoms with E-state index in [4.69, 9.17) is 16.3 Å². The summed E-state index contributed by atoms with van der Waals surface area (Å²) in [4.78, 5) is 15.0. The molecule has 5 nitrogen and oxygen atoms in total. The molecule has 29 heavy (non-hydrogen) atoms. The maximum absolute atomic E-state index is 12.5. The fourth-order valence-corrected chi connectivity index (χ4v) is 4.49. The number of piperidine rings is 1. The number of nitrogens with zero attached hydrogens (tertiary/aromatic N) is 1. The zero-order valence-electron chi connectivity index (χ0n) is 17.9. The van der Waals surface area contributed by atoms with Gasteiger partial charge in [-0.15, -0.1) is 0 Å². The van der Waals surface area contributed by atoms with Crippen molar-refractivity contribution in [1.29, 1.82) is 0 Å². The summed E-state index contributed by atoms with van der Waals surface area (Å²) in [6.45, 7) is 9.98. The lowest BCUT2D eigenvalue weighted by Crippen LogP contribution is -2.42. The van der Waals surface area contributed by atoms with E-state index in [0.717, 1.165) is 58.2 Å². The molecule has 0 radical (unpaired) electrons. The Morgan fingerprint density at radius 2 is 1.83 bits per heavy atom. The number of likely N-dealkylation sites (tertiary alicyclic amines) is 1. The van der Waals surface area contributed by atoms with Crippen molar-refractivity contribution in [3.8, 4) is 5.75 Å². The summed E-state index contributed by atoms with van der Waals surface area (Å²) in [6.07, 6.45) is 5.03. The van der Waals surface area contributed by atoms with E-state index in [9.17, 15) is 9.90 Å². The van der Waals surface area contributed by atoms with Gasteiger partial charge in [-0.05, 0) is 62.1 Å². The average Bonchev–Trinajstić information content (AvgIpc) is 2.65. The molecule has 1 heterocycles. The highest BCUT2D eigenvalue weighted by Gasteiger charge is 2.25. The van der Waals surface area contributed by atoms with E-state index in [-0.39, 0.29) is 24.2 Å². The lowest BCUT2D eigenvalue weighted by Gasteiger charge is -2.36. The van der Waals surface area contributed by atoms with Gasteiger partial charge in [0.15, 0.2) is 0 Å². The van der Waals surface area contributed by atoms with Crippen molar-refractivity contribution in [3.63, 3.8) is 0 Å². The molecule has 0 atom stereocenters. The zero-order valence-corrected chi connectivity index (χ0v) is 18.7. The van der Waals surface area contributed by atoms with Crippen molar-refractivity contribution in [2.24, 2.45) is 5.41 Å². The Bertz CT molecular complexity index is 688. The smallest absolute Gasteiger partial charge is 0.251 e. The number of aliphatic hydroxyl groups excluding tert-OH is 1. The lowest BCUT2D eigenvalue weighted by molar-refractivity contribution is 0.0810. The van der Waals surface area contributed by atoms with E-state index in [2.05, 4.69) is 31.0 Å². The molecule has 0 unspecified atom stereocenters. The molecule has 0 spiro atoms. The van der Waals surface area contributed by atoms with Crippen molar-refractivity contribution in [3.05, 3.63) is 28.8 Å². The molecule has 1 aliphatic carbocycles. The SMILES string of the molecule is CC(C)(C)CN1CCC(Oc2ccc(C(=O)NC3CCC(O)CC3)cc2Cl)CC1. The Morgan fingerprint density at radius 3 is 2.41 bits per heavy atom. The fourth-order valence-electron chi connectivity index (χ4n) is 4.26. The van der Waals surface area contributed by atoms with E-state index in [1.807, 2.05) is 6.07 Å². The molecular weight excluding hydrogens is 388 g/mol. The molecule has 1 aromatic rings. The minimum atomic E-state index is -0.227. The van der Waals surface area contributed by atoms with Gasteiger partial charge in [-0.2, -0.15) is 0 Å². The predicted octanol–water partition coefficient (Wildman–Crippen LogP) is 4.26. The number of amides is 1. The second kappa shape index (κ2) is 9.67. The van der Waals surface area contributed by atoms with Crippen molar-refractivity contribution in [2.45, 2.75) is 77.5 Å². The second-order valence-corrected chi connectivity index (χ2v) is 10.2. The number of rotatable bonds is 5. The number of nitrogens with one attached hydrogen (secondary N) is 1. The summed E-state index contributed by atoms with van der Waals surface area (Å²) >= 11 is 6.42. The predicted molar refractivity (Wildman–Crippen MR) is 117 cm³/mol. The van der Waals surface area contributed by atoms with Gasteiger partial charge in [0.05, 0.1) is 11.1 Å². The number of halogens is 1. The summed E-state index contributed by atoms with van der Waals surface area (Å²) in [6, 6.07) is 5.41. The molecular formula is C23H35ClN2O3. The largest absolute Gasteiger partial charge is 0.489 e. The molecule has 0 bridgehead atoms. The topological polar surface area (TPSA) is 61.8 Å². The van der Waals surface area contributed by atoms with E-state index in [1.54, 1.807) is 12.1 Å². The number of benzene rings is 1. The first kappa shape index (κ1) is 22.4. The summed E-state index contributed by atoms with van der Waals surface area (Å²) in [5.41, 5.74) is 0.860. The van der Waals surface area contributed by atoms with Crippen LogP contribution in [0.2, 0.25) is 5.02 Å². The monoisotopic (exact) mass is 422 g/mol. The number of hydrogen-bond donors (Lipinski definition) is 2. The van der Waals surface area contributed by atoms with Crippen LogP contribution in [0, 0.1) is 5.41 Å². The van der Waals surface area contributed by atoms with E-state index >= 15 is 0 Å². The standard InChI is InChI=1S/C23H35ClN2O3/c1-23(2,3)15-26-12-10-19(11-13-26)29-21-9-4-16(14-20(21)24)22(28)25-17-5-7-18(27)8-6-17/h4,9,14,17-19,27H,5-8,10-13,15H2,1-3H3,(H,25,28). The van der Waals surface area contributed by atoms with Crippen LogP contribution in [0.25, 0.3) is 0 Å². The molecule has 1 aromatic carbocycles. The lowest BCUT2D eigenvalue weighted by atomic mass is 9.93. The van der Waals surface area contributed by atoms with Crippen molar-refractivity contribution >= 4 is 17.5 Å². The highest BCUT2D eigenvalue weighted by atomic mass is 35.5. The van der Waals surface area contributed by atoms with Gasteiger partial charge in [-0.3, -0.25) is 4.79 Å². The summed E-state index contributed by atoms with van der Waals surface area (Å²) in [5, 5.41) is 13.1. The molecule has 1 amide bonds. The highest BCUT2D eigenvalue weighted by Crippen LogP contribution is 2.29. The fraction of sp³-hybridized carbons (Fsp3) is 0.696. The maximum atomic E-state index is 12.5. The third-order valence-electron chi connectivity index (χ3n) is 5.75. The molecule has 6 heteroatoms. The first-order valence-electron chi connectivity index (χ1n) is 10.9. The number of aliphatic hydroxyl groups is 1. The van der Waals surface area contributed by atoms with E-state index < -0.39 is 0 Å². The Labute approximate surface area is 179 Å². The third kappa shape index (κ3) is 6.87. The highest BCUT2D eigenvalue weighted by molar-refractivity contribution is 6.32. The average molecular weight is 423 g/mol. The summed E-state index contributed by atoms with van der Waals surface area (Å²) < 4.78 is 6.14. The molecule has 1 aliphatic heterocycles. The first-order chi connectivity index (χ1) is 13.7. The van der Waals surface area contributed by atoms with Crippen LogP contribution in [0.15, 0.2) is 18.2 Å². The summed E-state index contributed by atoms with van der Waals surface area (Å²) in [5.74, 6) is 0.536. The van der Waals surface area contributed by atoms with Gasteiger partial charge in [0.25, 0.3) is 5.91 Å². The molecule has 162 valence electrons. The quantitative estimate of drug-likeness (QED) is 0.744. The van der Waals surface area contributed by atoms with Crippen LogP contribution in [0.1, 0.15) is 69.7 Å². The van der Waals surface area contributed by atoms with Crippen molar-refractivity contribution < 1.29 is 14.6 Å². The molecule has 3 rings (SSSR count). The van der Waals surface area contributed by atoms with Gasteiger partial charge in [0, 0.05) is 31.2 Å². The van der Waals surface area contributed by atoms with Gasteiger partial charge < -0.3 is 20.1 Å². The Morgan fingerprint density at radius 1 is 1.17 bits per heavy atom. The van der Waals surface area contributed by atoms with Crippen LogP contribution in [-0.4, -0.2) is 53.8 Å². The number of ether oxygens (including phenoxy) is 1. The number of carbonyl (C=O) groups excluding carboxylic acids is 1. The molecule has 1 saturated heterocycles. The van der Waals surface area contributed by atoms with Crippen molar-refractivity contribution in [1.82, 2.24) is 10.2 Å². The molecule has 2 N–H and O–H groups in total. The van der Waals surface area contributed by atoms with Gasteiger partial charge in [-0.25, -0.2) is 0 Å². The van der Waals surface area contributed by atoms with E-state index in [1.165, 1.54) is 0 Å². The first-order valence-corrected chi connectivity index (χ1v) is 11.2. The van der Waals surface area contributed by atoms with Crippen molar-refractivity contribution in [2.75, 3.05) is 19.6 Å². The maximum Gasteiger partial charge on any atom is 0.251 e. The minimum Gasteiger partial charge on any atom is -0.489 e. The Kier molecular flexibility index (Phi) is 7.47. The Hall–Kier alpha value is -1.30. The minimum absolute atomic E-state index is 0.115. The number of carbonyl (C=O) groups is 1. The molecule has 1 saturated carbocycles. The van der Waals surface area contributed by atoms with E-state index in [0.29, 0.717) is 21.8 Å². The van der Waals surface area contributed by atoms with Crippen LogP contribution in [0.3, 0.4) is 0 Å². The van der Waals surface area contributed by atoms with Gasteiger partial charge in [0.2, 0.25) is 0 Å². The van der Waals surface area contributed by atoms with Crippen LogP contribution >= 0.6 is 11.6 Å². The van der Waals surface area contributed by atoms with Crippen LogP contribution < -0.4 is 10.1 Å². The summed E-state index contributed by atoms with van der Waals surface area (Å²) in [7, 11) is 0. The normalized spacial score (nSPS) is 24.3. The van der Waals surface area contributed by atoms with Crippen LogP contribution in [0.4, 0.5) is 0 Å². The van der Waals surface area contributed by atoms with Crippen LogP contribution in [0.5, 0.6) is 5.75 Å². The third-order valence-corrected chi connectivity index (χ3v) is 6.05. The second-order valence-electron chi connectivity index (χ2n) is 9.78. The Balaban J connectivity index is 1.50. The molecule has 0 aromatic heterocycles. The molecule has 2 fully saturated rings. The van der Waals surface area contributed by atoms with Gasteiger partial charge in [0.1, 0.15) is 11.9 Å². The number of hydrogen-bond acceptors (Lipinski definition) is 4. The van der Waals surface area contributed by atoms with Gasteiger partial charge >= 0.3 is 0 Å². The molecule has 2 aliphatic rings. The van der Waals surface area contributed by atoms with Gasteiger partial charge in [-0.1, -0.05) is 32.4 Å².